The highest BCUT2D eigenvalue weighted by atomic mass is 16.3. The topological polar surface area (TPSA) is 113 Å². The van der Waals surface area contributed by atoms with E-state index in [2.05, 4.69) is 9.97 Å². The summed E-state index contributed by atoms with van der Waals surface area (Å²) in [5.74, 6) is -0.345. The van der Waals surface area contributed by atoms with Crippen LogP contribution in [0.4, 0.5) is 5.82 Å². The van der Waals surface area contributed by atoms with Crippen LogP contribution in [-0.4, -0.2) is 20.4 Å². The number of benzene rings is 1. The summed E-state index contributed by atoms with van der Waals surface area (Å²) >= 11 is 0. The summed E-state index contributed by atoms with van der Waals surface area (Å²) in [6.07, 6.45) is 3.10. The number of hydrogen-bond donors (Lipinski definition) is 2. The second-order valence-corrected chi connectivity index (χ2v) is 5.77. The van der Waals surface area contributed by atoms with Crippen molar-refractivity contribution in [3.63, 3.8) is 0 Å². The van der Waals surface area contributed by atoms with Crippen LogP contribution in [0.15, 0.2) is 35.2 Å². The molecule has 24 heavy (non-hydrogen) atoms. The molecule has 4 aromatic rings. The van der Waals surface area contributed by atoms with E-state index in [9.17, 15) is 4.79 Å². The second-order valence-electron chi connectivity index (χ2n) is 5.77. The Labute approximate surface area is 136 Å². The number of carbonyl (C=O) groups excluding carboxylic acids is 1. The first-order valence-electron chi connectivity index (χ1n) is 7.38. The zero-order valence-electron chi connectivity index (χ0n) is 13.2. The summed E-state index contributed by atoms with van der Waals surface area (Å²) < 4.78 is 7.10. The fourth-order valence-corrected chi connectivity index (χ4v) is 3.07. The van der Waals surface area contributed by atoms with Crippen molar-refractivity contribution in [3.8, 4) is 5.69 Å². The molecule has 0 unspecified atom stereocenters. The lowest BCUT2D eigenvalue weighted by Crippen LogP contribution is -2.14. The summed E-state index contributed by atoms with van der Waals surface area (Å²) in [5, 5.41) is 0.625. The molecule has 0 saturated carbocycles. The first-order valence-corrected chi connectivity index (χ1v) is 7.38. The van der Waals surface area contributed by atoms with Gasteiger partial charge in [-0.2, -0.15) is 0 Å². The van der Waals surface area contributed by atoms with E-state index >= 15 is 0 Å². The van der Waals surface area contributed by atoms with E-state index in [0.717, 1.165) is 16.8 Å². The highest BCUT2D eigenvalue weighted by Crippen LogP contribution is 2.34. The Morgan fingerprint density at radius 1 is 1.25 bits per heavy atom. The zero-order valence-corrected chi connectivity index (χ0v) is 13.2. The molecule has 7 nitrogen and oxygen atoms in total. The van der Waals surface area contributed by atoms with Gasteiger partial charge in [0, 0.05) is 11.6 Å². The summed E-state index contributed by atoms with van der Waals surface area (Å²) in [5.41, 5.74) is 16.5. The van der Waals surface area contributed by atoms with E-state index in [1.54, 1.807) is 10.8 Å². The van der Waals surface area contributed by atoms with Gasteiger partial charge < -0.3 is 15.9 Å². The van der Waals surface area contributed by atoms with E-state index in [-0.39, 0.29) is 11.4 Å². The van der Waals surface area contributed by atoms with Gasteiger partial charge in [-0.3, -0.25) is 9.36 Å². The third-order valence-corrected chi connectivity index (χ3v) is 4.13. The van der Waals surface area contributed by atoms with Crippen molar-refractivity contribution in [1.82, 2.24) is 14.5 Å². The van der Waals surface area contributed by atoms with Crippen molar-refractivity contribution >= 4 is 33.9 Å². The highest BCUT2D eigenvalue weighted by Gasteiger charge is 2.23. The van der Waals surface area contributed by atoms with Crippen molar-refractivity contribution < 1.29 is 9.21 Å². The lowest BCUT2D eigenvalue weighted by molar-refractivity contribution is 0.100. The van der Waals surface area contributed by atoms with Crippen molar-refractivity contribution in [2.24, 2.45) is 5.73 Å². The standard InChI is InChI=1S/C17H15N5O2/c1-8-5-10-12(16(19)23)15(18)22(17(10)20-6-8)14-9(2)3-4-11-13(14)21-7-24-11/h3-7H,18H2,1-2H3,(H2,19,23). The van der Waals surface area contributed by atoms with Gasteiger partial charge in [0.2, 0.25) is 0 Å². The minimum atomic E-state index is -0.589. The van der Waals surface area contributed by atoms with Gasteiger partial charge in [-0.05, 0) is 37.1 Å². The van der Waals surface area contributed by atoms with Crippen molar-refractivity contribution in [2.45, 2.75) is 13.8 Å². The van der Waals surface area contributed by atoms with Crippen LogP contribution in [0.3, 0.4) is 0 Å². The second kappa shape index (κ2) is 4.82. The number of oxazole rings is 1. The summed E-state index contributed by atoms with van der Waals surface area (Å²) in [7, 11) is 0. The van der Waals surface area contributed by atoms with E-state index in [1.807, 2.05) is 32.0 Å². The number of nitrogens with zero attached hydrogens (tertiary/aromatic N) is 3. The van der Waals surface area contributed by atoms with Gasteiger partial charge >= 0.3 is 0 Å². The lowest BCUT2D eigenvalue weighted by atomic mass is 10.1. The van der Waals surface area contributed by atoms with E-state index < -0.39 is 5.91 Å². The van der Waals surface area contributed by atoms with E-state index in [4.69, 9.17) is 15.9 Å². The van der Waals surface area contributed by atoms with Crippen LogP contribution in [-0.2, 0) is 0 Å². The van der Waals surface area contributed by atoms with Gasteiger partial charge in [-0.25, -0.2) is 9.97 Å². The van der Waals surface area contributed by atoms with Gasteiger partial charge in [0.1, 0.15) is 17.0 Å². The first kappa shape index (κ1) is 14.3. The van der Waals surface area contributed by atoms with Crippen LogP contribution in [0, 0.1) is 13.8 Å². The fraction of sp³-hybridized carbons (Fsp3) is 0.118. The van der Waals surface area contributed by atoms with E-state index in [0.29, 0.717) is 22.1 Å². The number of anilines is 1. The number of fused-ring (bicyclic) bond motifs is 2. The molecule has 0 aliphatic carbocycles. The van der Waals surface area contributed by atoms with Crippen LogP contribution in [0.25, 0.3) is 27.8 Å². The minimum Gasteiger partial charge on any atom is -0.443 e. The quantitative estimate of drug-likeness (QED) is 0.589. The largest absolute Gasteiger partial charge is 0.443 e. The van der Waals surface area contributed by atoms with Crippen molar-refractivity contribution in [1.29, 1.82) is 0 Å². The number of aromatic nitrogens is 3. The molecule has 3 aromatic heterocycles. The van der Waals surface area contributed by atoms with Gasteiger partial charge in [0.25, 0.3) is 5.91 Å². The van der Waals surface area contributed by atoms with Gasteiger partial charge in [-0.1, -0.05) is 6.07 Å². The van der Waals surface area contributed by atoms with Gasteiger partial charge in [0.15, 0.2) is 12.0 Å². The Bertz CT molecular complexity index is 1120. The first-order chi connectivity index (χ1) is 11.5. The molecule has 1 aromatic carbocycles. The maximum absolute atomic E-state index is 12.0. The van der Waals surface area contributed by atoms with E-state index in [1.165, 1.54) is 6.39 Å². The van der Waals surface area contributed by atoms with Crippen LogP contribution in [0.5, 0.6) is 0 Å². The zero-order chi connectivity index (χ0) is 17.0. The third kappa shape index (κ3) is 1.81. The molecule has 120 valence electrons. The molecule has 0 aliphatic heterocycles. The number of carbonyl (C=O) groups is 1. The summed E-state index contributed by atoms with van der Waals surface area (Å²) in [6, 6.07) is 5.61. The molecular weight excluding hydrogens is 306 g/mol. The Morgan fingerprint density at radius 3 is 2.79 bits per heavy atom. The molecule has 4 rings (SSSR count). The molecule has 7 heteroatoms. The summed E-state index contributed by atoms with van der Waals surface area (Å²) in [6.45, 7) is 3.83. The molecule has 1 amide bonds. The number of nitrogen functional groups attached to an aromatic ring is 1. The Morgan fingerprint density at radius 2 is 2.04 bits per heavy atom. The number of nitrogens with two attached hydrogens (primary N) is 2. The lowest BCUT2D eigenvalue weighted by Gasteiger charge is -2.11. The Hall–Kier alpha value is -3.35. The highest BCUT2D eigenvalue weighted by molar-refractivity contribution is 6.11. The normalized spacial score (nSPS) is 11.4. The smallest absolute Gasteiger partial charge is 0.253 e. The number of hydrogen-bond acceptors (Lipinski definition) is 5. The molecule has 0 atom stereocenters. The number of pyridine rings is 1. The predicted octanol–water partition coefficient (Wildman–Crippen LogP) is 2.46. The van der Waals surface area contributed by atoms with Crippen LogP contribution in [0.2, 0.25) is 0 Å². The number of aryl methyl sites for hydroxylation is 2. The Balaban J connectivity index is 2.22. The number of amides is 1. The molecular formula is C17H15N5O2. The molecule has 3 heterocycles. The molecule has 0 aliphatic rings. The number of rotatable bonds is 2. The number of primary amides is 1. The monoisotopic (exact) mass is 321 g/mol. The maximum Gasteiger partial charge on any atom is 0.253 e. The predicted molar refractivity (Wildman–Crippen MR) is 91.0 cm³/mol. The summed E-state index contributed by atoms with van der Waals surface area (Å²) in [4.78, 5) is 20.7. The SMILES string of the molecule is Cc1cnc2c(c1)c(C(N)=O)c(N)n2-c1c(C)ccc2ocnc12. The van der Waals surface area contributed by atoms with Crippen molar-refractivity contribution in [2.75, 3.05) is 5.73 Å². The van der Waals surface area contributed by atoms with Crippen LogP contribution < -0.4 is 11.5 Å². The fourth-order valence-electron chi connectivity index (χ4n) is 3.07. The molecule has 4 N–H and O–H groups in total. The molecule has 0 fully saturated rings. The molecule has 0 spiro atoms. The van der Waals surface area contributed by atoms with Crippen molar-refractivity contribution in [3.05, 3.63) is 47.5 Å². The maximum atomic E-state index is 12.0. The molecule has 0 radical (unpaired) electrons. The molecule has 0 saturated heterocycles. The van der Waals surface area contributed by atoms with Gasteiger partial charge in [-0.15, -0.1) is 0 Å². The average Bonchev–Trinajstić information content (AvgIpc) is 3.09. The van der Waals surface area contributed by atoms with Crippen LogP contribution >= 0.6 is 0 Å². The Kier molecular flexibility index (Phi) is 2.86. The van der Waals surface area contributed by atoms with Crippen LogP contribution in [0.1, 0.15) is 21.5 Å². The minimum absolute atomic E-state index is 0.245. The average molecular weight is 321 g/mol. The third-order valence-electron chi connectivity index (χ3n) is 4.13. The van der Waals surface area contributed by atoms with Gasteiger partial charge in [0.05, 0.1) is 11.3 Å². The molecule has 0 bridgehead atoms.